The van der Waals surface area contributed by atoms with E-state index in [4.69, 9.17) is 21.7 Å². The van der Waals surface area contributed by atoms with Crippen LogP contribution in [-0.4, -0.2) is 62.2 Å². The average Bonchev–Trinajstić information content (AvgIpc) is 2.76. The summed E-state index contributed by atoms with van der Waals surface area (Å²) in [5.74, 6) is 0.834. The number of nitrogens with zero attached hydrogens (tertiary/aromatic N) is 2. The molecule has 156 valence electrons. The van der Waals surface area contributed by atoms with E-state index >= 15 is 0 Å². The predicted molar refractivity (Wildman–Crippen MR) is 123 cm³/mol. The molecular weight excluding hydrogens is 384 g/mol. The van der Waals surface area contributed by atoms with Gasteiger partial charge in [0.2, 0.25) is 0 Å². The molecule has 2 aromatic rings. The molecule has 1 aliphatic rings. The summed E-state index contributed by atoms with van der Waals surface area (Å²) in [7, 11) is 0. The molecule has 0 atom stereocenters. The third-order valence-electron chi connectivity index (χ3n) is 4.79. The molecule has 1 aliphatic heterocycles. The molecule has 0 bridgehead atoms. The van der Waals surface area contributed by atoms with E-state index in [0.29, 0.717) is 11.7 Å². The first-order valence-corrected chi connectivity index (χ1v) is 10.7. The highest BCUT2D eigenvalue weighted by molar-refractivity contribution is 7.80. The van der Waals surface area contributed by atoms with Gasteiger partial charge in [0, 0.05) is 25.2 Å². The lowest BCUT2D eigenvalue weighted by Crippen LogP contribution is -2.39. The number of benzene rings is 2. The van der Waals surface area contributed by atoms with Gasteiger partial charge in [-0.25, -0.2) is 0 Å². The standard InChI is InChI=1S/C22H30N4O2S/c1-2-14-28-21-9-8-18-6-3-4-7-19(18)20(21)17-24-25-22(29)23-10-5-11-26-12-15-27-16-13-26/h3-4,6-9,17H,2,5,10-16H2,1H3,(H2,23,25,29)/b24-17-. The van der Waals surface area contributed by atoms with E-state index in [1.165, 1.54) is 0 Å². The first-order chi connectivity index (χ1) is 14.3. The summed E-state index contributed by atoms with van der Waals surface area (Å²) < 4.78 is 11.3. The summed E-state index contributed by atoms with van der Waals surface area (Å²) >= 11 is 5.34. The predicted octanol–water partition coefficient (Wildman–Crippen LogP) is 3.15. The topological polar surface area (TPSA) is 58.1 Å². The highest BCUT2D eigenvalue weighted by atomic mass is 32.1. The van der Waals surface area contributed by atoms with Gasteiger partial charge < -0.3 is 14.8 Å². The van der Waals surface area contributed by atoms with Gasteiger partial charge in [-0.05, 0) is 48.4 Å². The number of thiocarbonyl (C=S) groups is 1. The molecule has 6 nitrogen and oxygen atoms in total. The second kappa shape index (κ2) is 11.7. The fourth-order valence-corrected chi connectivity index (χ4v) is 3.43. The van der Waals surface area contributed by atoms with Crippen LogP contribution in [0.1, 0.15) is 25.3 Å². The molecular formula is C22H30N4O2S. The van der Waals surface area contributed by atoms with Crippen molar-refractivity contribution in [2.75, 3.05) is 46.0 Å². The van der Waals surface area contributed by atoms with E-state index in [1.54, 1.807) is 6.21 Å². The molecule has 0 radical (unpaired) electrons. The number of nitrogens with one attached hydrogen (secondary N) is 2. The Hall–Kier alpha value is -2.22. The average molecular weight is 415 g/mol. The maximum atomic E-state index is 5.91. The van der Waals surface area contributed by atoms with Crippen LogP contribution in [0.15, 0.2) is 41.5 Å². The number of fused-ring (bicyclic) bond motifs is 1. The van der Waals surface area contributed by atoms with E-state index in [0.717, 1.165) is 74.3 Å². The fraction of sp³-hybridized carbons (Fsp3) is 0.455. The molecule has 0 aliphatic carbocycles. The Kier molecular flexibility index (Phi) is 8.67. The molecule has 0 saturated carbocycles. The summed E-state index contributed by atoms with van der Waals surface area (Å²) in [5, 5.41) is 10.3. The van der Waals surface area contributed by atoms with Crippen LogP contribution in [0.5, 0.6) is 5.75 Å². The molecule has 29 heavy (non-hydrogen) atoms. The second-order valence-electron chi connectivity index (χ2n) is 6.98. The van der Waals surface area contributed by atoms with E-state index < -0.39 is 0 Å². The fourth-order valence-electron chi connectivity index (χ4n) is 3.27. The van der Waals surface area contributed by atoms with Gasteiger partial charge >= 0.3 is 0 Å². The first kappa shape index (κ1) is 21.5. The van der Waals surface area contributed by atoms with Crippen molar-refractivity contribution in [2.45, 2.75) is 19.8 Å². The monoisotopic (exact) mass is 414 g/mol. The summed E-state index contributed by atoms with van der Waals surface area (Å²) in [4.78, 5) is 2.41. The Bertz CT molecular complexity index is 822. The third-order valence-corrected chi connectivity index (χ3v) is 5.03. The van der Waals surface area contributed by atoms with Crippen LogP contribution >= 0.6 is 12.2 Å². The Morgan fingerprint density at radius 1 is 1.24 bits per heavy atom. The van der Waals surface area contributed by atoms with E-state index in [-0.39, 0.29) is 0 Å². The lowest BCUT2D eigenvalue weighted by atomic mass is 10.0. The number of morpholine rings is 1. The molecule has 0 unspecified atom stereocenters. The van der Waals surface area contributed by atoms with E-state index in [9.17, 15) is 0 Å². The second-order valence-corrected chi connectivity index (χ2v) is 7.39. The van der Waals surface area contributed by atoms with Crippen molar-refractivity contribution >= 4 is 34.3 Å². The molecule has 0 spiro atoms. The van der Waals surface area contributed by atoms with Crippen molar-refractivity contribution in [1.29, 1.82) is 0 Å². The third kappa shape index (κ3) is 6.66. The Balaban J connectivity index is 1.52. The quantitative estimate of drug-likeness (QED) is 0.285. The molecule has 0 amide bonds. The minimum Gasteiger partial charge on any atom is -0.493 e. The number of rotatable bonds is 9. The van der Waals surface area contributed by atoms with Crippen LogP contribution in [0.4, 0.5) is 0 Å². The number of ether oxygens (including phenoxy) is 2. The SMILES string of the molecule is CCCOc1ccc2ccccc2c1/C=N\NC(=S)NCCCN1CCOCC1. The number of hydrazone groups is 1. The van der Waals surface area contributed by atoms with Crippen LogP contribution in [0.25, 0.3) is 10.8 Å². The molecule has 2 aromatic carbocycles. The van der Waals surface area contributed by atoms with Gasteiger partial charge in [0.05, 0.1) is 26.0 Å². The van der Waals surface area contributed by atoms with Gasteiger partial charge in [-0.15, -0.1) is 0 Å². The van der Waals surface area contributed by atoms with Gasteiger partial charge in [0.1, 0.15) is 5.75 Å². The highest BCUT2D eigenvalue weighted by Gasteiger charge is 2.09. The van der Waals surface area contributed by atoms with Gasteiger partial charge in [0.25, 0.3) is 0 Å². The van der Waals surface area contributed by atoms with Crippen molar-refractivity contribution in [3.63, 3.8) is 0 Å². The van der Waals surface area contributed by atoms with Crippen molar-refractivity contribution in [2.24, 2.45) is 5.10 Å². The Morgan fingerprint density at radius 3 is 2.90 bits per heavy atom. The zero-order chi connectivity index (χ0) is 20.3. The van der Waals surface area contributed by atoms with Gasteiger partial charge in [0.15, 0.2) is 5.11 Å². The number of hydrogen-bond acceptors (Lipinski definition) is 5. The zero-order valence-electron chi connectivity index (χ0n) is 17.0. The van der Waals surface area contributed by atoms with Crippen molar-refractivity contribution in [3.05, 3.63) is 42.0 Å². The number of hydrogen-bond donors (Lipinski definition) is 2. The first-order valence-electron chi connectivity index (χ1n) is 10.3. The van der Waals surface area contributed by atoms with E-state index in [1.807, 2.05) is 18.2 Å². The molecule has 3 rings (SSSR count). The maximum absolute atomic E-state index is 5.91. The van der Waals surface area contributed by atoms with Crippen LogP contribution < -0.4 is 15.5 Å². The maximum Gasteiger partial charge on any atom is 0.186 e. The summed E-state index contributed by atoms with van der Waals surface area (Å²) in [5.41, 5.74) is 3.88. The van der Waals surface area contributed by atoms with Gasteiger partial charge in [-0.3, -0.25) is 10.3 Å². The smallest absolute Gasteiger partial charge is 0.186 e. The highest BCUT2D eigenvalue weighted by Crippen LogP contribution is 2.26. The van der Waals surface area contributed by atoms with Crippen LogP contribution in [-0.2, 0) is 4.74 Å². The Morgan fingerprint density at radius 2 is 2.07 bits per heavy atom. The van der Waals surface area contributed by atoms with Gasteiger partial charge in [-0.2, -0.15) is 5.10 Å². The molecule has 0 aromatic heterocycles. The zero-order valence-corrected chi connectivity index (χ0v) is 17.8. The Labute approximate surface area is 178 Å². The van der Waals surface area contributed by atoms with Crippen molar-refractivity contribution in [1.82, 2.24) is 15.6 Å². The molecule has 1 saturated heterocycles. The summed E-state index contributed by atoms with van der Waals surface area (Å²) in [6, 6.07) is 12.3. The van der Waals surface area contributed by atoms with Crippen LogP contribution in [0.2, 0.25) is 0 Å². The molecule has 1 fully saturated rings. The summed E-state index contributed by atoms with van der Waals surface area (Å²) in [6.45, 7) is 8.34. The lowest BCUT2D eigenvalue weighted by molar-refractivity contribution is 0.0376. The van der Waals surface area contributed by atoms with Crippen LogP contribution in [0, 0.1) is 0 Å². The van der Waals surface area contributed by atoms with Crippen molar-refractivity contribution < 1.29 is 9.47 Å². The molecule has 1 heterocycles. The minimum absolute atomic E-state index is 0.527. The molecule has 2 N–H and O–H groups in total. The van der Waals surface area contributed by atoms with Crippen LogP contribution in [0.3, 0.4) is 0 Å². The summed E-state index contributed by atoms with van der Waals surface area (Å²) in [6.07, 6.45) is 3.78. The van der Waals surface area contributed by atoms with E-state index in [2.05, 4.69) is 45.9 Å². The largest absolute Gasteiger partial charge is 0.493 e. The van der Waals surface area contributed by atoms with Crippen molar-refractivity contribution in [3.8, 4) is 5.75 Å². The lowest BCUT2D eigenvalue weighted by Gasteiger charge is -2.26. The molecule has 7 heteroatoms. The minimum atomic E-state index is 0.527. The van der Waals surface area contributed by atoms with Gasteiger partial charge in [-0.1, -0.05) is 37.3 Å². The normalized spacial score (nSPS) is 14.9.